The Labute approximate surface area is 378 Å². The second-order valence-electron chi connectivity index (χ2n) is 16.5. The lowest BCUT2D eigenvalue weighted by Gasteiger charge is -2.13. The van der Waals surface area contributed by atoms with Gasteiger partial charge in [0, 0.05) is 44.4 Å². The molecular weight excluding hydrogens is 805 g/mol. The molecule has 0 aliphatic carbocycles. The van der Waals surface area contributed by atoms with Gasteiger partial charge in [-0.05, 0) is 138 Å². The number of rotatable bonds is 9. The van der Waals surface area contributed by atoms with Crippen LogP contribution in [-0.2, 0) is 0 Å². The van der Waals surface area contributed by atoms with Gasteiger partial charge in [0.1, 0.15) is 23.0 Å². The van der Waals surface area contributed by atoms with E-state index in [-0.39, 0.29) is 0 Å². The Hall–Kier alpha value is -7.97. The van der Waals surface area contributed by atoms with Gasteiger partial charge < -0.3 is 33.9 Å². The third-order valence-corrected chi connectivity index (χ3v) is 13.0. The van der Waals surface area contributed by atoms with E-state index in [4.69, 9.17) is 23.9 Å². The summed E-state index contributed by atoms with van der Waals surface area (Å²) in [7, 11) is 6.82. The van der Waals surface area contributed by atoms with Crippen LogP contribution in [-0.4, -0.2) is 48.4 Å². The first-order valence-electron chi connectivity index (χ1n) is 21.7. The highest BCUT2D eigenvalue weighted by Gasteiger charge is 2.29. The zero-order valence-corrected chi connectivity index (χ0v) is 37.9. The van der Waals surface area contributed by atoms with Crippen molar-refractivity contribution in [1.82, 2.24) is 19.9 Å². The van der Waals surface area contributed by atoms with Crippen LogP contribution in [0.25, 0.3) is 77.6 Å². The van der Waals surface area contributed by atoms with Crippen LogP contribution in [0.4, 0.5) is 0 Å². The zero-order chi connectivity index (χ0) is 44.9. The Morgan fingerprint density at radius 3 is 1.31 bits per heavy atom. The van der Waals surface area contributed by atoms with Crippen molar-refractivity contribution >= 4 is 44.2 Å². The van der Waals surface area contributed by atoms with Gasteiger partial charge in [-0.15, -0.1) is 0 Å². The van der Waals surface area contributed by atoms with Crippen molar-refractivity contribution in [3.63, 3.8) is 0 Å². The SMILES string of the molecule is COc1cccc(C2=C(c3cccc(OC)c3)c3nc2cc2[nH]c(c(C)c2C)c(-c2ccccc2)c2[nH]c(cc4[nH]c3c(-c3cccc(OC)c3)c4-c3cccc(OC)c3)c(C)c2C)c1. The second-order valence-corrected chi connectivity index (χ2v) is 16.5. The molecule has 5 heterocycles. The lowest BCUT2D eigenvalue weighted by molar-refractivity contribution is 0.414. The third-order valence-electron chi connectivity index (χ3n) is 13.0. The molecule has 10 rings (SSSR count). The van der Waals surface area contributed by atoms with Gasteiger partial charge in [0.05, 0.1) is 56.4 Å². The molecule has 9 aromatic rings. The van der Waals surface area contributed by atoms with Crippen molar-refractivity contribution in [2.45, 2.75) is 27.7 Å². The molecule has 1 aliphatic rings. The molecule has 0 radical (unpaired) electrons. The van der Waals surface area contributed by atoms with Gasteiger partial charge in [-0.1, -0.05) is 78.9 Å². The number of fused-ring (bicyclic) bond motifs is 9. The molecule has 4 aromatic heterocycles. The monoisotopic (exact) mass is 854 g/mol. The molecule has 0 amide bonds. The molecule has 0 spiro atoms. The van der Waals surface area contributed by atoms with E-state index in [1.807, 2.05) is 48.5 Å². The average molecular weight is 855 g/mol. The van der Waals surface area contributed by atoms with Crippen molar-refractivity contribution in [3.8, 4) is 56.4 Å². The summed E-state index contributed by atoms with van der Waals surface area (Å²) in [4.78, 5) is 17.7. The lowest BCUT2D eigenvalue weighted by Crippen LogP contribution is -1.94. The first-order valence-corrected chi connectivity index (χ1v) is 21.7. The third kappa shape index (κ3) is 7.08. The zero-order valence-electron chi connectivity index (χ0n) is 37.9. The number of ether oxygens (including phenoxy) is 4. The Kier molecular flexibility index (Phi) is 10.5. The molecule has 0 unspecified atom stereocenters. The minimum absolute atomic E-state index is 0.738. The van der Waals surface area contributed by atoms with Crippen molar-refractivity contribution in [2.24, 2.45) is 0 Å². The number of aromatic nitrogens is 4. The van der Waals surface area contributed by atoms with Gasteiger partial charge in [-0.25, -0.2) is 4.98 Å². The van der Waals surface area contributed by atoms with Gasteiger partial charge in [0.2, 0.25) is 0 Å². The van der Waals surface area contributed by atoms with E-state index >= 15 is 0 Å². The van der Waals surface area contributed by atoms with Gasteiger partial charge in [0.25, 0.3) is 0 Å². The summed E-state index contributed by atoms with van der Waals surface area (Å²) >= 11 is 0. The molecule has 0 atom stereocenters. The number of nitrogens with zero attached hydrogens (tertiary/aromatic N) is 1. The topological polar surface area (TPSA) is 97.2 Å². The second kappa shape index (κ2) is 16.6. The quantitative estimate of drug-likeness (QED) is 0.134. The molecule has 0 fully saturated rings. The molecule has 1 aliphatic heterocycles. The van der Waals surface area contributed by atoms with Gasteiger partial charge >= 0.3 is 0 Å². The molecular formula is C57H50N4O4. The van der Waals surface area contributed by atoms with Crippen molar-refractivity contribution in [2.75, 3.05) is 28.4 Å². The summed E-state index contributed by atoms with van der Waals surface area (Å²) in [6, 6.07) is 48.1. The van der Waals surface area contributed by atoms with E-state index in [1.165, 1.54) is 5.56 Å². The Morgan fingerprint density at radius 2 is 0.785 bits per heavy atom. The molecule has 65 heavy (non-hydrogen) atoms. The van der Waals surface area contributed by atoms with Crippen LogP contribution >= 0.6 is 0 Å². The fraction of sp³-hybridized carbons (Fsp3) is 0.140. The predicted molar refractivity (Wildman–Crippen MR) is 266 cm³/mol. The normalized spacial score (nSPS) is 11.9. The molecule has 0 saturated heterocycles. The van der Waals surface area contributed by atoms with E-state index < -0.39 is 0 Å². The first-order chi connectivity index (χ1) is 31.7. The maximum absolute atomic E-state index is 5.90. The smallest absolute Gasteiger partial charge is 0.119 e. The van der Waals surface area contributed by atoms with Gasteiger partial charge in [-0.2, -0.15) is 0 Å². The summed E-state index contributed by atoms with van der Waals surface area (Å²) in [6.45, 7) is 8.81. The summed E-state index contributed by atoms with van der Waals surface area (Å²) in [5, 5.41) is 0. The van der Waals surface area contributed by atoms with Crippen LogP contribution in [0.5, 0.6) is 23.0 Å². The van der Waals surface area contributed by atoms with Crippen molar-refractivity contribution < 1.29 is 18.9 Å². The van der Waals surface area contributed by atoms with Gasteiger partial charge in [0.15, 0.2) is 0 Å². The van der Waals surface area contributed by atoms with Crippen LogP contribution in [0, 0.1) is 27.7 Å². The summed E-state index contributed by atoms with van der Waals surface area (Å²) in [5.74, 6) is 2.98. The number of aryl methyl sites for hydroxylation is 4. The lowest BCUT2D eigenvalue weighted by atomic mass is 9.90. The highest BCUT2D eigenvalue weighted by Crippen LogP contribution is 2.48. The largest absolute Gasteiger partial charge is 0.497 e. The minimum Gasteiger partial charge on any atom is -0.497 e. The van der Waals surface area contributed by atoms with Crippen molar-refractivity contribution in [1.29, 1.82) is 0 Å². The average Bonchev–Trinajstić information content (AvgIpc) is 4.07. The van der Waals surface area contributed by atoms with Crippen LogP contribution in [0.1, 0.15) is 44.8 Å². The highest BCUT2D eigenvalue weighted by molar-refractivity contribution is 6.14. The highest BCUT2D eigenvalue weighted by atomic mass is 16.5. The maximum Gasteiger partial charge on any atom is 0.119 e. The molecule has 0 saturated carbocycles. The van der Waals surface area contributed by atoms with Crippen molar-refractivity contribution in [3.05, 3.63) is 184 Å². The Morgan fingerprint density at radius 1 is 0.354 bits per heavy atom. The number of nitrogens with one attached hydrogen (secondary N) is 3. The van der Waals surface area contributed by atoms with E-state index in [0.717, 1.165) is 140 Å². The van der Waals surface area contributed by atoms with E-state index in [0.29, 0.717) is 0 Å². The number of methoxy groups -OCH3 is 4. The summed E-state index contributed by atoms with van der Waals surface area (Å²) < 4.78 is 23.5. The van der Waals surface area contributed by atoms with Crippen LogP contribution in [0.15, 0.2) is 140 Å². The molecule has 8 bridgehead atoms. The number of hydrogen-bond donors (Lipinski definition) is 3. The molecule has 3 N–H and O–H groups in total. The predicted octanol–water partition coefficient (Wildman–Crippen LogP) is 13.8. The maximum atomic E-state index is 5.90. The molecule has 8 nitrogen and oxygen atoms in total. The van der Waals surface area contributed by atoms with E-state index in [1.54, 1.807) is 28.4 Å². The van der Waals surface area contributed by atoms with E-state index in [2.05, 4.69) is 134 Å². The number of hydrogen-bond acceptors (Lipinski definition) is 5. The van der Waals surface area contributed by atoms with Gasteiger partial charge in [-0.3, -0.25) is 0 Å². The molecule has 322 valence electrons. The van der Waals surface area contributed by atoms with Crippen LogP contribution in [0.2, 0.25) is 0 Å². The Balaban J connectivity index is 1.51. The molecule has 5 aromatic carbocycles. The standard InChI is InChI=1S/C57H50N4O4/c1-32-34(3)54-53(36-16-10-9-11-17-36)55-35(4)33(2)46(59-55)31-48-50(38-19-13-23-42(27-38)63-6)52(40-21-15-25-44(29-40)65-8)57(61-48)56-51(39-20-14-24-43(28-39)64-7)49(47(60-56)30-45(32)58-54)37-18-12-22-41(26-37)62-5/h9-31,58-60H,1-8H3. The fourth-order valence-electron chi connectivity index (χ4n) is 9.36. The van der Waals surface area contributed by atoms with E-state index in [9.17, 15) is 0 Å². The number of H-pyrrole nitrogens is 3. The number of benzene rings is 5. The minimum atomic E-state index is 0.738. The molecule has 8 heteroatoms. The Bertz CT molecular complexity index is 3480. The number of aromatic amines is 3. The van der Waals surface area contributed by atoms with Crippen LogP contribution < -0.4 is 18.9 Å². The summed E-state index contributed by atoms with van der Waals surface area (Å²) in [5.41, 5.74) is 21.9. The first kappa shape index (κ1) is 41.1. The summed E-state index contributed by atoms with van der Waals surface area (Å²) in [6.07, 6.45) is 0. The fourth-order valence-corrected chi connectivity index (χ4v) is 9.36. The van der Waals surface area contributed by atoms with Crippen LogP contribution in [0.3, 0.4) is 0 Å².